The molecule has 30 heavy (non-hydrogen) atoms. The molecule has 0 bridgehead atoms. The second kappa shape index (κ2) is 7.44. The van der Waals surface area contributed by atoms with Crippen LogP contribution in [0.3, 0.4) is 0 Å². The lowest BCUT2D eigenvalue weighted by Gasteiger charge is -2.14. The van der Waals surface area contributed by atoms with Gasteiger partial charge in [0.25, 0.3) is 0 Å². The number of fused-ring (bicyclic) bond motifs is 3. The van der Waals surface area contributed by atoms with E-state index in [1.165, 1.54) is 5.39 Å². The fourth-order valence-electron chi connectivity index (χ4n) is 3.68. The molecule has 0 spiro atoms. The summed E-state index contributed by atoms with van der Waals surface area (Å²) in [6, 6.07) is 28.3. The predicted molar refractivity (Wildman–Crippen MR) is 121 cm³/mol. The zero-order valence-electron chi connectivity index (χ0n) is 16.8. The van der Waals surface area contributed by atoms with Crippen molar-refractivity contribution in [1.82, 2.24) is 9.66 Å². The minimum absolute atomic E-state index is 0.815. The number of hydrogen-bond acceptors (Lipinski definition) is 4. The van der Waals surface area contributed by atoms with E-state index in [0.717, 1.165) is 45.0 Å². The third-order valence-corrected chi connectivity index (χ3v) is 5.22. The van der Waals surface area contributed by atoms with Crippen molar-refractivity contribution in [1.29, 1.82) is 0 Å². The van der Waals surface area contributed by atoms with Crippen molar-refractivity contribution < 1.29 is 9.47 Å². The largest absolute Gasteiger partial charge is 0.497 e. The Hall–Kier alpha value is -3.99. The van der Waals surface area contributed by atoms with E-state index in [9.17, 15) is 0 Å². The Bertz CT molecular complexity index is 1320. The lowest BCUT2D eigenvalue weighted by Crippen LogP contribution is -2.11. The molecular formula is C25H21N3O2. The first kappa shape index (κ1) is 18.1. The quantitative estimate of drug-likeness (QED) is 0.412. The summed E-state index contributed by atoms with van der Waals surface area (Å²) in [4.78, 5) is 4.95. The van der Waals surface area contributed by atoms with Crippen molar-refractivity contribution in [3.8, 4) is 22.9 Å². The van der Waals surface area contributed by atoms with Crippen LogP contribution >= 0.6 is 0 Å². The molecule has 0 atom stereocenters. The van der Waals surface area contributed by atoms with Crippen LogP contribution in [-0.2, 0) is 0 Å². The summed E-state index contributed by atoms with van der Waals surface area (Å²) in [7, 11) is 3.33. The van der Waals surface area contributed by atoms with Crippen molar-refractivity contribution in [3.63, 3.8) is 0 Å². The zero-order valence-corrected chi connectivity index (χ0v) is 16.8. The van der Waals surface area contributed by atoms with Crippen LogP contribution in [0.25, 0.3) is 33.2 Å². The maximum absolute atomic E-state index is 5.31. The standard InChI is InChI=1S/C25H21N3O2/c1-29-20-12-7-18(8-13-20)25-26-23-16-9-17-5-3-4-6-22(17)24(23)28(25)27-19-10-14-21(30-2)15-11-19/h3-16,27H,1-2H3. The normalized spacial score (nSPS) is 11.0. The Balaban J connectivity index is 1.73. The van der Waals surface area contributed by atoms with Crippen LogP contribution in [0.4, 0.5) is 5.69 Å². The van der Waals surface area contributed by atoms with Gasteiger partial charge in [-0.05, 0) is 60.0 Å². The zero-order chi connectivity index (χ0) is 20.5. The van der Waals surface area contributed by atoms with Crippen LogP contribution in [0, 0.1) is 0 Å². The molecule has 0 amide bonds. The number of rotatable bonds is 5. The Morgan fingerprint density at radius 2 is 1.40 bits per heavy atom. The van der Waals surface area contributed by atoms with Gasteiger partial charge in [-0.2, -0.15) is 0 Å². The first-order chi connectivity index (χ1) is 14.8. The molecule has 148 valence electrons. The van der Waals surface area contributed by atoms with Crippen LogP contribution in [0.5, 0.6) is 11.5 Å². The first-order valence-corrected chi connectivity index (χ1v) is 9.72. The molecule has 1 aromatic heterocycles. The van der Waals surface area contributed by atoms with Gasteiger partial charge in [0.2, 0.25) is 0 Å². The van der Waals surface area contributed by atoms with E-state index < -0.39 is 0 Å². The lowest BCUT2D eigenvalue weighted by molar-refractivity contribution is 0.415. The highest BCUT2D eigenvalue weighted by Gasteiger charge is 2.16. The second-order valence-electron chi connectivity index (χ2n) is 6.99. The molecule has 5 nitrogen and oxygen atoms in total. The van der Waals surface area contributed by atoms with Crippen LogP contribution in [-0.4, -0.2) is 23.9 Å². The Morgan fingerprint density at radius 1 is 0.733 bits per heavy atom. The van der Waals surface area contributed by atoms with E-state index in [4.69, 9.17) is 14.5 Å². The monoisotopic (exact) mass is 395 g/mol. The maximum atomic E-state index is 5.31. The van der Waals surface area contributed by atoms with E-state index in [1.807, 2.05) is 48.5 Å². The summed E-state index contributed by atoms with van der Waals surface area (Å²) in [5.74, 6) is 2.46. The molecular weight excluding hydrogens is 374 g/mol. The summed E-state index contributed by atoms with van der Waals surface area (Å²) in [5, 5.41) is 2.31. The summed E-state index contributed by atoms with van der Waals surface area (Å²) in [6.07, 6.45) is 0. The number of aromatic nitrogens is 2. The number of methoxy groups -OCH3 is 2. The van der Waals surface area contributed by atoms with Gasteiger partial charge in [-0.15, -0.1) is 0 Å². The van der Waals surface area contributed by atoms with Crippen LogP contribution < -0.4 is 14.9 Å². The summed E-state index contributed by atoms with van der Waals surface area (Å²) in [5.41, 5.74) is 7.44. The van der Waals surface area contributed by atoms with Crippen LogP contribution in [0.2, 0.25) is 0 Å². The molecule has 1 N–H and O–H groups in total. The van der Waals surface area contributed by atoms with Gasteiger partial charge in [0, 0.05) is 10.9 Å². The van der Waals surface area contributed by atoms with Crippen molar-refractivity contribution in [2.24, 2.45) is 0 Å². The molecule has 0 aliphatic rings. The molecule has 5 heteroatoms. The molecule has 0 aliphatic carbocycles. The molecule has 4 aromatic carbocycles. The molecule has 0 aliphatic heterocycles. The molecule has 0 saturated carbocycles. The van der Waals surface area contributed by atoms with Gasteiger partial charge >= 0.3 is 0 Å². The molecule has 0 radical (unpaired) electrons. The molecule has 0 fully saturated rings. The number of imidazole rings is 1. The SMILES string of the molecule is COc1ccc(Nn2c(-c3ccc(OC)cc3)nc3ccc4ccccc4c32)cc1. The van der Waals surface area contributed by atoms with Gasteiger partial charge in [0.1, 0.15) is 11.5 Å². The average molecular weight is 395 g/mol. The highest BCUT2D eigenvalue weighted by molar-refractivity contribution is 6.05. The van der Waals surface area contributed by atoms with Crippen molar-refractivity contribution in [3.05, 3.63) is 84.9 Å². The third kappa shape index (κ3) is 3.10. The maximum Gasteiger partial charge on any atom is 0.159 e. The summed E-state index contributed by atoms with van der Waals surface area (Å²) in [6.45, 7) is 0. The van der Waals surface area contributed by atoms with Crippen LogP contribution in [0.15, 0.2) is 84.9 Å². The van der Waals surface area contributed by atoms with E-state index in [0.29, 0.717) is 0 Å². The topological polar surface area (TPSA) is 48.3 Å². The minimum atomic E-state index is 0.815. The molecule has 0 unspecified atom stereocenters. The van der Waals surface area contributed by atoms with E-state index in [-0.39, 0.29) is 0 Å². The van der Waals surface area contributed by atoms with Gasteiger partial charge in [-0.1, -0.05) is 30.3 Å². The second-order valence-corrected chi connectivity index (χ2v) is 6.99. The van der Waals surface area contributed by atoms with Crippen molar-refractivity contribution >= 4 is 27.5 Å². The van der Waals surface area contributed by atoms with Crippen molar-refractivity contribution in [2.75, 3.05) is 19.6 Å². The van der Waals surface area contributed by atoms with Gasteiger partial charge in [0.05, 0.1) is 30.9 Å². The highest BCUT2D eigenvalue weighted by Crippen LogP contribution is 2.31. The van der Waals surface area contributed by atoms with Gasteiger partial charge < -0.3 is 9.47 Å². The minimum Gasteiger partial charge on any atom is -0.497 e. The number of ether oxygens (including phenoxy) is 2. The lowest BCUT2D eigenvalue weighted by atomic mass is 10.1. The number of nitrogens with one attached hydrogen (secondary N) is 1. The number of benzene rings is 4. The highest BCUT2D eigenvalue weighted by atomic mass is 16.5. The van der Waals surface area contributed by atoms with E-state index in [2.05, 4.69) is 46.5 Å². The molecule has 5 aromatic rings. The Kier molecular flexibility index (Phi) is 4.48. The van der Waals surface area contributed by atoms with Crippen LogP contribution in [0.1, 0.15) is 0 Å². The molecule has 1 heterocycles. The Morgan fingerprint density at radius 3 is 2.10 bits per heavy atom. The van der Waals surface area contributed by atoms with Gasteiger partial charge in [-0.3, -0.25) is 5.43 Å². The van der Waals surface area contributed by atoms with E-state index in [1.54, 1.807) is 14.2 Å². The molecule has 5 rings (SSSR count). The first-order valence-electron chi connectivity index (χ1n) is 9.72. The number of anilines is 1. The van der Waals surface area contributed by atoms with E-state index >= 15 is 0 Å². The van der Waals surface area contributed by atoms with Crippen molar-refractivity contribution in [2.45, 2.75) is 0 Å². The van der Waals surface area contributed by atoms with Gasteiger partial charge in [0.15, 0.2) is 5.82 Å². The fraction of sp³-hybridized carbons (Fsp3) is 0.0800. The fourth-order valence-corrected chi connectivity index (χ4v) is 3.68. The summed E-state index contributed by atoms with van der Waals surface area (Å²) >= 11 is 0. The smallest absolute Gasteiger partial charge is 0.159 e. The van der Waals surface area contributed by atoms with Gasteiger partial charge in [-0.25, -0.2) is 9.66 Å². The number of hydrogen-bond donors (Lipinski definition) is 1. The average Bonchev–Trinajstić information content (AvgIpc) is 3.18. The third-order valence-electron chi connectivity index (χ3n) is 5.22. The summed E-state index contributed by atoms with van der Waals surface area (Å²) < 4.78 is 12.7. The Labute approximate surface area is 174 Å². The number of nitrogens with zero attached hydrogens (tertiary/aromatic N) is 2. The predicted octanol–water partition coefficient (Wildman–Crippen LogP) is 5.75. The molecule has 0 saturated heterocycles.